The van der Waals surface area contributed by atoms with Crippen LogP contribution in [0.15, 0.2) is 55.0 Å². The van der Waals surface area contributed by atoms with E-state index in [4.69, 9.17) is 11.6 Å². The van der Waals surface area contributed by atoms with Gasteiger partial charge in [-0.1, -0.05) is 23.7 Å². The Hall–Kier alpha value is -3.85. The largest absolute Gasteiger partial charge is 0.337 e. The molecule has 0 atom stereocenters. The van der Waals surface area contributed by atoms with E-state index in [1.54, 1.807) is 24.9 Å². The molecule has 0 unspecified atom stereocenters. The lowest BCUT2D eigenvalue weighted by atomic mass is 9.89. The Bertz CT molecular complexity index is 1400. The molecule has 0 radical (unpaired) electrons. The number of nitrogens with zero attached hydrogens (tertiary/aromatic N) is 5. The van der Waals surface area contributed by atoms with Crippen molar-refractivity contribution in [3.63, 3.8) is 0 Å². The fourth-order valence-corrected chi connectivity index (χ4v) is 4.93. The molecule has 0 spiro atoms. The smallest absolute Gasteiger partial charge is 0.319 e. The number of halogens is 1. The lowest BCUT2D eigenvalue weighted by Crippen LogP contribution is -2.38. The van der Waals surface area contributed by atoms with Crippen LogP contribution in [0.1, 0.15) is 46.1 Å². The number of urea groups is 1. The Morgan fingerprint density at radius 3 is 2.56 bits per heavy atom. The maximum absolute atomic E-state index is 13.0. The molecule has 9 nitrogen and oxygen atoms in total. The number of imidazole rings is 1. The minimum atomic E-state index is -0.262. The van der Waals surface area contributed by atoms with E-state index in [2.05, 4.69) is 20.7 Å². The fraction of sp³-hybridized carbons (Fsp3) is 0.308. The van der Waals surface area contributed by atoms with Crippen molar-refractivity contribution >= 4 is 34.9 Å². The molecule has 4 aromatic rings. The third-order valence-corrected chi connectivity index (χ3v) is 7.14. The van der Waals surface area contributed by atoms with Crippen molar-refractivity contribution in [2.75, 3.05) is 18.4 Å². The van der Waals surface area contributed by atoms with Crippen molar-refractivity contribution in [2.24, 2.45) is 7.05 Å². The van der Waals surface area contributed by atoms with Crippen LogP contribution in [0.2, 0.25) is 5.02 Å². The second-order valence-corrected chi connectivity index (χ2v) is 9.47. The summed E-state index contributed by atoms with van der Waals surface area (Å²) in [5.41, 5.74) is 4.87. The Labute approximate surface area is 214 Å². The van der Waals surface area contributed by atoms with E-state index in [0.29, 0.717) is 42.0 Å². The first-order valence-corrected chi connectivity index (χ1v) is 12.3. The van der Waals surface area contributed by atoms with Crippen LogP contribution in [0.25, 0.3) is 5.65 Å². The summed E-state index contributed by atoms with van der Waals surface area (Å²) in [6.07, 6.45) is 7.28. The van der Waals surface area contributed by atoms with Crippen LogP contribution in [-0.4, -0.2) is 49.1 Å². The van der Waals surface area contributed by atoms with E-state index >= 15 is 0 Å². The van der Waals surface area contributed by atoms with Gasteiger partial charge in [0.25, 0.3) is 5.91 Å². The number of hydrogen-bond donors (Lipinski definition) is 2. The summed E-state index contributed by atoms with van der Waals surface area (Å²) in [6.45, 7) is 3.54. The quantitative estimate of drug-likeness (QED) is 0.421. The van der Waals surface area contributed by atoms with Gasteiger partial charge in [0, 0.05) is 51.0 Å². The van der Waals surface area contributed by atoms with Gasteiger partial charge in [0.15, 0.2) is 0 Å². The average Bonchev–Trinajstić information content (AvgIpc) is 3.45. The van der Waals surface area contributed by atoms with Crippen LogP contribution in [-0.2, 0) is 13.6 Å². The van der Waals surface area contributed by atoms with Gasteiger partial charge in [0.2, 0.25) is 0 Å². The van der Waals surface area contributed by atoms with Crippen molar-refractivity contribution in [3.8, 4) is 0 Å². The molecular formula is C26H28ClN7O2. The molecule has 36 heavy (non-hydrogen) atoms. The highest BCUT2D eigenvalue weighted by Crippen LogP contribution is 2.30. The van der Waals surface area contributed by atoms with Crippen LogP contribution >= 0.6 is 11.6 Å². The van der Waals surface area contributed by atoms with E-state index in [0.717, 1.165) is 29.7 Å². The first kappa shape index (κ1) is 23.9. The number of anilines is 1. The number of pyridine rings is 1. The molecule has 1 aliphatic heterocycles. The van der Waals surface area contributed by atoms with Crippen LogP contribution < -0.4 is 10.6 Å². The summed E-state index contributed by atoms with van der Waals surface area (Å²) in [5, 5.41) is 10.4. The first-order valence-electron chi connectivity index (χ1n) is 11.9. The van der Waals surface area contributed by atoms with Gasteiger partial charge < -0.3 is 19.9 Å². The highest BCUT2D eigenvalue weighted by Gasteiger charge is 2.28. The molecule has 4 heterocycles. The number of aromatic nitrogens is 4. The molecule has 1 aromatic carbocycles. The zero-order valence-electron chi connectivity index (χ0n) is 20.2. The standard InChI is InChI=1S/C26H28ClN7O2/c1-17-23(27)24(32(2)31-17)25(35)34-12-8-20(9-13-34)19-3-5-21(6-4-19)30-26(36)29-16-18-7-11-33-14-10-28-22(33)15-18/h3-7,10-11,14-15,20H,8-9,12-13,16H2,1-2H3,(H2,29,30,36). The van der Waals surface area contributed by atoms with Crippen molar-refractivity contribution in [1.29, 1.82) is 0 Å². The predicted molar refractivity (Wildman–Crippen MR) is 138 cm³/mol. The van der Waals surface area contributed by atoms with Gasteiger partial charge in [0.1, 0.15) is 11.3 Å². The Balaban J connectivity index is 1.12. The number of carbonyl (C=O) groups is 2. The number of fused-ring (bicyclic) bond motifs is 1. The number of rotatable bonds is 5. The third kappa shape index (κ3) is 4.92. The Morgan fingerprint density at radius 2 is 1.86 bits per heavy atom. The number of carbonyl (C=O) groups excluding carboxylic acids is 2. The fourth-order valence-electron chi connectivity index (χ4n) is 4.69. The molecular weight excluding hydrogens is 478 g/mol. The molecule has 186 valence electrons. The lowest BCUT2D eigenvalue weighted by Gasteiger charge is -2.32. The summed E-state index contributed by atoms with van der Waals surface area (Å²) in [5.74, 6) is 0.287. The maximum atomic E-state index is 13.0. The van der Waals surface area contributed by atoms with Crippen LogP contribution in [0.4, 0.5) is 10.5 Å². The Morgan fingerprint density at radius 1 is 1.11 bits per heavy atom. The molecule has 5 rings (SSSR count). The van der Waals surface area contributed by atoms with Gasteiger partial charge >= 0.3 is 6.03 Å². The van der Waals surface area contributed by atoms with Crippen molar-refractivity contribution < 1.29 is 9.59 Å². The molecule has 0 aliphatic carbocycles. The van der Waals surface area contributed by atoms with Crippen LogP contribution in [0.5, 0.6) is 0 Å². The lowest BCUT2D eigenvalue weighted by molar-refractivity contribution is 0.0702. The summed E-state index contributed by atoms with van der Waals surface area (Å²) >= 11 is 6.30. The van der Waals surface area contributed by atoms with Gasteiger partial charge in [-0.05, 0) is 61.1 Å². The Kier molecular flexibility index (Phi) is 6.65. The van der Waals surface area contributed by atoms with E-state index in [1.165, 1.54) is 5.56 Å². The highest BCUT2D eigenvalue weighted by atomic mass is 35.5. The zero-order chi connectivity index (χ0) is 25.2. The SMILES string of the molecule is Cc1nn(C)c(C(=O)N2CCC(c3ccc(NC(=O)NCc4ccn5ccnc5c4)cc3)CC2)c1Cl. The van der Waals surface area contributed by atoms with Gasteiger partial charge in [-0.25, -0.2) is 9.78 Å². The summed E-state index contributed by atoms with van der Waals surface area (Å²) in [4.78, 5) is 31.4. The normalized spacial score (nSPS) is 14.2. The zero-order valence-corrected chi connectivity index (χ0v) is 21.0. The molecule has 0 saturated carbocycles. The summed E-state index contributed by atoms with van der Waals surface area (Å²) < 4.78 is 3.48. The average molecular weight is 506 g/mol. The number of aryl methyl sites for hydroxylation is 2. The molecule has 1 fully saturated rings. The van der Waals surface area contributed by atoms with E-state index in [1.807, 2.05) is 58.1 Å². The topological polar surface area (TPSA) is 96.6 Å². The second kappa shape index (κ2) is 10.0. The molecule has 3 amide bonds. The van der Waals surface area contributed by atoms with Gasteiger partial charge in [0.05, 0.1) is 10.7 Å². The second-order valence-electron chi connectivity index (χ2n) is 9.10. The van der Waals surface area contributed by atoms with Gasteiger partial charge in [-0.15, -0.1) is 0 Å². The summed E-state index contributed by atoms with van der Waals surface area (Å²) in [7, 11) is 1.74. The molecule has 3 aromatic heterocycles. The number of hydrogen-bond acceptors (Lipinski definition) is 4. The van der Waals surface area contributed by atoms with E-state index in [9.17, 15) is 9.59 Å². The van der Waals surface area contributed by atoms with E-state index in [-0.39, 0.29) is 11.9 Å². The highest BCUT2D eigenvalue weighted by molar-refractivity contribution is 6.34. The van der Waals surface area contributed by atoms with Gasteiger partial charge in [-0.3, -0.25) is 9.48 Å². The molecule has 1 aliphatic rings. The first-order chi connectivity index (χ1) is 17.4. The number of benzene rings is 1. The third-order valence-electron chi connectivity index (χ3n) is 6.69. The van der Waals surface area contributed by atoms with Crippen molar-refractivity contribution in [3.05, 3.63) is 82.5 Å². The molecule has 0 bridgehead atoms. The van der Waals surface area contributed by atoms with Crippen LogP contribution in [0, 0.1) is 6.92 Å². The van der Waals surface area contributed by atoms with Gasteiger partial charge in [-0.2, -0.15) is 5.10 Å². The maximum Gasteiger partial charge on any atom is 0.319 e. The van der Waals surface area contributed by atoms with Crippen molar-refractivity contribution in [2.45, 2.75) is 32.2 Å². The number of likely N-dealkylation sites (tertiary alicyclic amines) is 1. The number of amides is 3. The van der Waals surface area contributed by atoms with E-state index < -0.39 is 0 Å². The summed E-state index contributed by atoms with van der Waals surface area (Å²) in [6, 6.07) is 11.6. The number of nitrogens with one attached hydrogen (secondary N) is 2. The minimum absolute atomic E-state index is 0.0724. The van der Waals surface area contributed by atoms with Crippen LogP contribution in [0.3, 0.4) is 0 Å². The molecule has 1 saturated heterocycles. The molecule has 10 heteroatoms. The number of piperidine rings is 1. The predicted octanol–water partition coefficient (Wildman–Crippen LogP) is 4.37. The molecule has 2 N–H and O–H groups in total. The van der Waals surface area contributed by atoms with Crippen molar-refractivity contribution in [1.82, 2.24) is 29.4 Å². The minimum Gasteiger partial charge on any atom is -0.337 e. The monoisotopic (exact) mass is 505 g/mol.